The average molecular weight is 356 g/mol. The molecule has 0 aliphatic heterocycles. The molecule has 13 heteroatoms. The number of ether oxygens (including phenoxy) is 1. The van der Waals surface area contributed by atoms with Crippen molar-refractivity contribution in [3.8, 4) is 0 Å². The summed E-state index contributed by atoms with van der Waals surface area (Å²) in [5.41, 5.74) is 0. The molecule has 0 atom stereocenters. The molecular formula is C7H8F6KO5P. The number of hydrogen-bond acceptors (Lipinski definition) is 5. The zero-order chi connectivity index (χ0) is 15.3. The molecule has 0 aromatic carbocycles. The SMILES string of the molecule is CO/C([O-])=C/P(=O)(OCC(F)(F)F)OCC(F)(F)F.[K+]. The van der Waals surface area contributed by atoms with E-state index < -0.39 is 39.1 Å². The zero-order valence-electron chi connectivity index (χ0n) is 10.2. The molecule has 5 nitrogen and oxygen atoms in total. The molecule has 0 amide bonds. The van der Waals surface area contributed by atoms with Crippen LogP contribution in [0.3, 0.4) is 0 Å². The van der Waals surface area contributed by atoms with Gasteiger partial charge in [-0.3, -0.25) is 13.6 Å². The van der Waals surface area contributed by atoms with Gasteiger partial charge in [0.2, 0.25) is 0 Å². The molecule has 0 saturated heterocycles. The Balaban J connectivity index is 0. The van der Waals surface area contributed by atoms with Gasteiger partial charge in [-0.1, -0.05) is 0 Å². The quantitative estimate of drug-likeness (QED) is 0.268. The van der Waals surface area contributed by atoms with Gasteiger partial charge in [-0.2, -0.15) is 26.3 Å². The van der Waals surface area contributed by atoms with Crippen LogP contribution in [0.2, 0.25) is 0 Å². The van der Waals surface area contributed by atoms with E-state index in [2.05, 4.69) is 13.8 Å². The molecule has 0 saturated carbocycles. The predicted octanol–water partition coefficient (Wildman–Crippen LogP) is -0.853. The molecule has 0 aromatic heterocycles. The fraction of sp³-hybridized carbons (Fsp3) is 0.714. The fourth-order valence-corrected chi connectivity index (χ4v) is 1.86. The normalized spacial score (nSPS) is 13.8. The summed E-state index contributed by atoms with van der Waals surface area (Å²) in [5, 5.41) is 10.7. The Kier molecular flexibility index (Phi) is 10.3. The molecule has 0 aromatic rings. The van der Waals surface area contributed by atoms with E-state index in [0.717, 1.165) is 7.11 Å². The van der Waals surface area contributed by atoms with Crippen LogP contribution in [0.4, 0.5) is 26.3 Å². The van der Waals surface area contributed by atoms with Crippen molar-refractivity contribution in [3.63, 3.8) is 0 Å². The minimum Gasteiger partial charge on any atom is -0.616 e. The van der Waals surface area contributed by atoms with E-state index >= 15 is 0 Å². The zero-order valence-corrected chi connectivity index (χ0v) is 14.3. The summed E-state index contributed by atoms with van der Waals surface area (Å²) in [6, 6.07) is 0. The van der Waals surface area contributed by atoms with Gasteiger partial charge in [0.25, 0.3) is 0 Å². The molecule has 0 rings (SSSR count). The van der Waals surface area contributed by atoms with E-state index in [1.54, 1.807) is 0 Å². The molecule has 0 bridgehead atoms. The standard InChI is InChI=1S/C7H9F6O5P.K/c1-16-5(14)2-19(15,17-3-6(8,9)10)18-4-7(11,12)13;/h2,14H,3-4H2,1H3;/q;+1/p-1/b5-2+;. The first-order valence-corrected chi connectivity index (χ1v) is 5.94. The smallest absolute Gasteiger partial charge is 0.616 e. The van der Waals surface area contributed by atoms with Crippen molar-refractivity contribution >= 4 is 7.60 Å². The van der Waals surface area contributed by atoms with Crippen LogP contribution in [-0.2, 0) is 18.3 Å². The van der Waals surface area contributed by atoms with Gasteiger partial charge in [-0.15, -0.1) is 0 Å². The number of halogens is 6. The Morgan fingerprint density at radius 1 is 1.10 bits per heavy atom. The third-order valence-electron chi connectivity index (χ3n) is 1.28. The summed E-state index contributed by atoms with van der Waals surface area (Å²) in [6.45, 7) is -4.29. The van der Waals surface area contributed by atoms with Crippen LogP contribution in [0.5, 0.6) is 0 Å². The second kappa shape index (κ2) is 8.98. The van der Waals surface area contributed by atoms with Crippen LogP contribution in [0.15, 0.2) is 11.8 Å². The number of methoxy groups -OCH3 is 1. The average Bonchev–Trinajstić information content (AvgIpc) is 2.22. The van der Waals surface area contributed by atoms with Gasteiger partial charge in [-0.05, 0) is 7.11 Å². The first kappa shape index (κ1) is 23.0. The fourth-order valence-electron chi connectivity index (χ4n) is 0.620. The van der Waals surface area contributed by atoms with Gasteiger partial charge in [0.05, 0.1) is 5.95 Å². The Labute approximate surface area is 152 Å². The first-order chi connectivity index (χ1) is 8.37. The molecule has 0 aliphatic rings. The van der Waals surface area contributed by atoms with E-state index in [-0.39, 0.29) is 57.2 Å². The topological polar surface area (TPSA) is 67.8 Å². The van der Waals surface area contributed by atoms with Gasteiger partial charge in [0.15, 0.2) is 13.2 Å². The van der Waals surface area contributed by atoms with Crippen LogP contribution in [0.25, 0.3) is 0 Å². The van der Waals surface area contributed by atoms with Crippen LogP contribution >= 0.6 is 7.60 Å². The van der Waals surface area contributed by atoms with E-state index in [4.69, 9.17) is 0 Å². The van der Waals surface area contributed by atoms with E-state index in [0.29, 0.717) is 0 Å². The molecule has 114 valence electrons. The largest absolute Gasteiger partial charge is 1.00 e. The number of rotatable bonds is 6. The summed E-state index contributed by atoms with van der Waals surface area (Å²) in [4.78, 5) is 0. The van der Waals surface area contributed by atoms with Crippen molar-refractivity contribution in [1.82, 2.24) is 0 Å². The number of hydrogen-bond donors (Lipinski definition) is 0. The summed E-state index contributed by atoms with van der Waals surface area (Å²) >= 11 is 0. The van der Waals surface area contributed by atoms with Crippen molar-refractivity contribution < 1.29 is 101 Å². The Morgan fingerprint density at radius 2 is 1.45 bits per heavy atom. The van der Waals surface area contributed by atoms with E-state index in [1.165, 1.54) is 0 Å². The molecule has 0 spiro atoms. The van der Waals surface area contributed by atoms with Crippen LogP contribution < -0.4 is 56.5 Å². The van der Waals surface area contributed by atoms with Gasteiger partial charge in [0, 0.05) is 5.82 Å². The van der Waals surface area contributed by atoms with Crippen molar-refractivity contribution in [2.75, 3.05) is 20.3 Å². The molecule has 0 N–H and O–H groups in total. The Hall–Kier alpha value is 0.706. The maximum absolute atomic E-state index is 11.8. The minimum absolute atomic E-state index is 0. The van der Waals surface area contributed by atoms with Crippen molar-refractivity contribution in [1.29, 1.82) is 0 Å². The second-order valence-corrected chi connectivity index (χ2v) is 4.82. The third-order valence-corrected chi connectivity index (χ3v) is 2.79. The summed E-state index contributed by atoms with van der Waals surface area (Å²) < 4.78 is 93.8. The molecule has 20 heavy (non-hydrogen) atoms. The maximum Gasteiger partial charge on any atom is 1.00 e. The molecule has 0 aliphatic carbocycles. The van der Waals surface area contributed by atoms with Crippen LogP contribution in [-0.4, -0.2) is 32.7 Å². The Bertz CT molecular complexity index is 346. The molecule has 0 unspecified atom stereocenters. The van der Waals surface area contributed by atoms with Gasteiger partial charge in [-0.25, -0.2) is 0 Å². The monoisotopic (exact) mass is 356 g/mol. The second-order valence-electron chi connectivity index (χ2n) is 2.97. The summed E-state index contributed by atoms with van der Waals surface area (Å²) in [5.74, 6) is -1.56. The summed E-state index contributed by atoms with van der Waals surface area (Å²) in [7, 11) is -4.25. The van der Waals surface area contributed by atoms with E-state index in [9.17, 15) is 36.0 Å². The van der Waals surface area contributed by atoms with Gasteiger partial charge in [0.1, 0.15) is 0 Å². The molecule has 0 radical (unpaired) electrons. The molecular weight excluding hydrogens is 348 g/mol. The number of alkyl halides is 6. The Morgan fingerprint density at radius 3 is 1.70 bits per heavy atom. The van der Waals surface area contributed by atoms with Crippen molar-refractivity contribution in [2.24, 2.45) is 0 Å². The van der Waals surface area contributed by atoms with Crippen LogP contribution in [0, 0.1) is 0 Å². The summed E-state index contributed by atoms with van der Waals surface area (Å²) in [6.07, 6.45) is -9.91. The minimum atomic E-state index is -5.02. The van der Waals surface area contributed by atoms with Gasteiger partial charge < -0.3 is 9.84 Å². The predicted molar refractivity (Wildman–Crippen MR) is 46.7 cm³/mol. The molecule has 0 heterocycles. The van der Waals surface area contributed by atoms with Crippen LogP contribution in [0.1, 0.15) is 0 Å². The maximum atomic E-state index is 11.8. The van der Waals surface area contributed by atoms with E-state index in [1.807, 2.05) is 0 Å². The van der Waals surface area contributed by atoms with Crippen molar-refractivity contribution in [3.05, 3.63) is 11.8 Å². The molecule has 0 fully saturated rings. The first-order valence-electron chi connectivity index (χ1n) is 4.33. The van der Waals surface area contributed by atoms with Gasteiger partial charge >= 0.3 is 71.3 Å². The van der Waals surface area contributed by atoms with Crippen molar-refractivity contribution in [2.45, 2.75) is 12.4 Å². The third kappa shape index (κ3) is 12.4.